The van der Waals surface area contributed by atoms with Crippen molar-refractivity contribution < 1.29 is 5.11 Å². The summed E-state index contributed by atoms with van der Waals surface area (Å²) in [7, 11) is 0. The summed E-state index contributed by atoms with van der Waals surface area (Å²) in [6.07, 6.45) is 1.48. The predicted molar refractivity (Wildman–Crippen MR) is 92.3 cm³/mol. The van der Waals surface area contributed by atoms with Gasteiger partial charge in [0.1, 0.15) is 12.1 Å². The third-order valence-corrected chi connectivity index (χ3v) is 4.30. The lowest BCUT2D eigenvalue weighted by Gasteiger charge is -2.25. The van der Waals surface area contributed by atoms with Crippen LogP contribution in [0.4, 0.5) is 5.82 Å². The van der Waals surface area contributed by atoms with Gasteiger partial charge in [-0.3, -0.25) is 0 Å². The average Bonchev–Trinajstić information content (AvgIpc) is 3.01. The van der Waals surface area contributed by atoms with Gasteiger partial charge in [0.15, 0.2) is 0 Å². The smallest absolute Gasteiger partial charge is 0.254 e. The van der Waals surface area contributed by atoms with Gasteiger partial charge >= 0.3 is 0 Å². The van der Waals surface area contributed by atoms with Crippen LogP contribution in [0.25, 0.3) is 5.78 Å². The molecule has 2 heterocycles. The number of aryl methyl sites for hydroxylation is 1. The number of aliphatic hydroxyl groups excluding tert-OH is 1. The predicted octanol–water partition coefficient (Wildman–Crippen LogP) is 2.98. The van der Waals surface area contributed by atoms with Crippen LogP contribution >= 0.6 is 15.9 Å². The van der Waals surface area contributed by atoms with Crippen molar-refractivity contribution in [2.45, 2.75) is 19.9 Å². The lowest BCUT2D eigenvalue weighted by molar-refractivity contribution is 0.222. The van der Waals surface area contributed by atoms with E-state index < -0.39 is 0 Å². The Morgan fingerprint density at radius 2 is 2.04 bits per heavy atom. The molecular weight excluding hydrogens is 358 g/mol. The standard InChI is InChI=1S/C16H18BrN5O/c1-10(8-23)15(12-3-5-13(17)6-4-12)21-14-7-11(2)20-16-18-9-19-22(14)16/h3-7,9-10,15,21,23H,8H2,1-2H3/t10-,15+/m1/s1. The maximum Gasteiger partial charge on any atom is 0.254 e. The monoisotopic (exact) mass is 375 g/mol. The molecular formula is C16H18BrN5O. The van der Waals surface area contributed by atoms with Crippen LogP contribution in [0.3, 0.4) is 0 Å². The van der Waals surface area contributed by atoms with Crippen molar-refractivity contribution in [1.29, 1.82) is 0 Å². The average molecular weight is 376 g/mol. The van der Waals surface area contributed by atoms with E-state index in [0.29, 0.717) is 5.78 Å². The molecule has 0 unspecified atom stereocenters. The van der Waals surface area contributed by atoms with Crippen LogP contribution in [0.1, 0.15) is 24.2 Å². The van der Waals surface area contributed by atoms with Gasteiger partial charge in [-0.15, -0.1) is 0 Å². The summed E-state index contributed by atoms with van der Waals surface area (Å²) in [5, 5.41) is 17.3. The lowest BCUT2D eigenvalue weighted by atomic mass is 9.95. The van der Waals surface area contributed by atoms with Gasteiger partial charge in [0.25, 0.3) is 5.78 Å². The van der Waals surface area contributed by atoms with Gasteiger partial charge in [-0.05, 0) is 24.6 Å². The number of benzene rings is 1. The molecule has 7 heteroatoms. The van der Waals surface area contributed by atoms with Crippen LogP contribution < -0.4 is 5.32 Å². The number of nitrogens with one attached hydrogen (secondary N) is 1. The number of hydrogen-bond donors (Lipinski definition) is 2. The van der Waals surface area contributed by atoms with E-state index in [1.54, 1.807) is 4.52 Å². The summed E-state index contributed by atoms with van der Waals surface area (Å²) in [6.45, 7) is 4.01. The molecule has 0 saturated carbocycles. The number of hydrogen-bond acceptors (Lipinski definition) is 5. The van der Waals surface area contributed by atoms with Crippen molar-refractivity contribution in [3.63, 3.8) is 0 Å². The summed E-state index contributed by atoms with van der Waals surface area (Å²) in [4.78, 5) is 8.49. The van der Waals surface area contributed by atoms with Gasteiger partial charge in [0.2, 0.25) is 0 Å². The molecule has 120 valence electrons. The number of rotatable bonds is 5. The molecule has 0 aliphatic heterocycles. The Bertz CT molecular complexity index is 802. The second-order valence-corrected chi connectivity index (χ2v) is 6.50. The molecule has 23 heavy (non-hydrogen) atoms. The maximum atomic E-state index is 9.63. The Kier molecular flexibility index (Phi) is 4.58. The normalized spacial score (nSPS) is 13.9. The Labute approximate surface area is 142 Å². The fourth-order valence-corrected chi connectivity index (χ4v) is 2.79. The van der Waals surface area contributed by atoms with Crippen LogP contribution in [-0.2, 0) is 0 Å². The molecule has 3 aromatic rings. The molecule has 2 aromatic heterocycles. The SMILES string of the molecule is Cc1cc(N[C@H](c2ccc(Br)cc2)[C@H](C)CO)n2ncnc2n1. The Morgan fingerprint density at radius 1 is 1.30 bits per heavy atom. The zero-order valence-electron chi connectivity index (χ0n) is 12.9. The first-order valence-corrected chi connectivity index (χ1v) is 8.18. The molecule has 6 nitrogen and oxygen atoms in total. The zero-order valence-corrected chi connectivity index (χ0v) is 14.5. The van der Waals surface area contributed by atoms with Crippen LogP contribution in [0, 0.1) is 12.8 Å². The van der Waals surface area contributed by atoms with E-state index in [1.807, 2.05) is 44.2 Å². The van der Waals surface area contributed by atoms with Crippen molar-refractivity contribution in [2.24, 2.45) is 5.92 Å². The number of halogens is 1. The first-order chi connectivity index (χ1) is 11.1. The Hall–Kier alpha value is -1.99. The topological polar surface area (TPSA) is 75.3 Å². The molecule has 2 atom stereocenters. The maximum absolute atomic E-state index is 9.63. The number of aliphatic hydroxyl groups is 1. The first kappa shape index (κ1) is 15.9. The summed E-state index contributed by atoms with van der Waals surface area (Å²) in [5.41, 5.74) is 1.96. The largest absolute Gasteiger partial charge is 0.396 e. The zero-order chi connectivity index (χ0) is 16.4. The van der Waals surface area contributed by atoms with E-state index in [4.69, 9.17) is 0 Å². The Morgan fingerprint density at radius 3 is 2.74 bits per heavy atom. The molecule has 0 radical (unpaired) electrons. The summed E-state index contributed by atoms with van der Waals surface area (Å²) < 4.78 is 2.69. The number of nitrogens with zero attached hydrogens (tertiary/aromatic N) is 4. The van der Waals surface area contributed by atoms with E-state index in [-0.39, 0.29) is 18.6 Å². The third kappa shape index (κ3) is 3.35. The lowest BCUT2D eigenvalue weighted by Crippen LogP contribution is -2.23. The van der Waals surface area contributed by atoms with Crippen LogP contribution in [0.15, 0.2) is 41.1 Å². The molecule has 0 aliphatic carbocycles. The van der Waals surface area contributed by atoms with E-state index in [9.17, 15) is 5.11 Å². The van der Waals surface area contributed by atoms with Gasteiger partial charge in [0, 0.05) is 28.8 Å². The van der Waals surface area contributed by atoms with Gasteiger partial charge in [-0.25, -0.2) is 4.98 Å². The minimum absolute atomic E-state index is 0.0308. The van der Waals surface area contributed by atoms with Crippen molar-refractivity contribution >= 4 is 27.5 Å². The summed E-state index contributed by atoms with van der Waals surface area (Å²) in [6, 6.07) is 9.95. The van der Waals surface area contributed by atoms with E-state index >= 15 is 0 Å². The molecule has 0 spiro atoms. The fraction of sp³-hybridized carbons (Fsp3) is 0.312. The highest BCUT2D eigenvalue weighted by atomic mass is 79.9. The van der Waals surface area contributed by atoms with Crippen molar-refractivity contribution in [2.75, 3.05) is 11.9 Å². The fourth-order valence-electron chi connectivity index (χ4n) is 2.52. The summed E-state index contributed by atoms with van der Waals surface area (Å²) >= 11 is 3.45. The molecule has 1 aromatic carbocycles. The number of fused-ring (bicyclic) bond motifs is 1. The van der Waals surface area contributed by atoms with Gasteiger partial charge in [-0.1, -0.05) is 35.0 Å². The third-order valence-electron chi connectivity index (χ3n) is 3.77. The van der Waals surface area contributed by atoms with E-state index in [2.05, 4.69) is 36.3 Å². The molecule has 0 saturated heterocycles. The van der Waals surface area contributed by atoms with Gasteiger partial charge < -0.3 is 10.4 Å². The van der Waals surface area contributed by atoms with Gasteiger partial charge in [0.05, 0.1) is 6.04 Å². The number of aromatic nitrogens is 4. The second-order valence-electron chi connectivity index (χ2n) is 5.59. The van der Waals surface area contributed by atoms with Crippen molar-refractivity contribution in [3.05, 3.63) is 52.4 Å². The van der Waals surface area contributed by atoms with Gasteiger partial charge in [-0.2, -0.15) is 14.6 Å². The molecule has 2 N–H and O–H groups in total. The molecule has 0 amide bonds. The van der Waals surface area contributed by atoms with E-state index in [0.717, 1.165) is 21.5 Å². The van der Waals surface area contributed by atoms with E-state index in [1.165, 1.54) is 6.33 Å². The minimum Gasteiger partial charge on any atom is -0.396 e. The quantitative estimate of drug-likeness (QED) is 0.716. The highest BCUT2D eigenvalue weighted by Crippen LogP contribution is 2.28. The van der Waals surface area contributed by atoms with Crippen LogP contribution in [0.5, 0.6) is 0 Å². The molecule has 0 fully saturated rings. The highest BCUT2D eigenvalue weighted by molar-refractivity contribution is 9.10. The van der Waals surface area contributed by atoms with Crippen molar-refractivity contribution in [1.82, 2.24) is 19.6 Å². The second kappa shape index (κ2) is 6.64. The van der Waals surface area contributed by atoms with Crippen LogP contribution in [0.2, 0.25) is 0 Å². The minimum atomic E-state index is -0.0534. The van der Waals surface area contributed by atoms with Crippen LogP contribution in [-0.4, -0.2) is 31.3 Å². The van der Waals surface area contributed by atoms with Crippen molar-refractivity contribution in [3.8, 4) is 0 Å². The molecule has 0 bridgehead atoms. The summed E-state index contributed by atoms with van der Waals surface area (Å²) in [5.74, 6) is 1.39. The number of anilines is 1. The molecule has 3 rings (SSSR count). The Balaban J connectivity index is 2.00. The molecule has 0 aliphatic rings. The first-order valence-electron chi connectivity index (χ1n) is 7.38. The highest BCUT2D eigenvalue weighted by Gasteiger charge is 2.20.